The molecule has 2 aromatic carbocycles. The maximum Gasteiger partial charge on any atom is 0.254 e. The van der Waals surface area contributed by atoms with E-state index in [2.05, 4.69) is 5.32 Å². The van der Waals surface area contributed by atoms with Gasteiger partial charge in [-0.05, 0) is 45.0 Å². The van der Waals surface area contributed by atoms with Crippen molar-refractivity contribution in [3.05, 3.63) is 52.5 Å². The molecule has 0 fully saturated rings. The number of hydrogen-bond donors (Lipinski definition) is 1. The van der Waals surface area contributed by atoms with Crippen LogP contribution >= 0.6 is 11.6 Å². The fourth-order valence-corrected chi connectivity index (χ4v) is 2.79. The lowest BCUT2D eigenvalue weighted by Gasteiger charge is -2.19. The Labute approximate surface area is 170 Å². The van der Waals surface area contributed by atoms with Gasteiger partial charge in [0.05, 0.1) is 24.8 Å². The minimum Gasteiger partial charge on any atom is -0.493 e. The zero-order valence-corrected chi connectivity index (χ0v) is 17.5. The molecule has 2 amide bonds. The van der Waals surface area contributed by atoms with Gasteiger partial charge in [0, 0.05) is 18.3 Å². The summed E-state index contributed by atoms with van der Waals surface area (Å²) in [7, 11) is 3.03. The number of benzene rings is 2. The molecule has 0 heterocycles. The summed E-state index contributed by atoms with van der Waals surface area (Å²) in [6.45, 7) is 5.61. The number of nitrogens with zero attached hydrogens (tertiary/aromatic N) is 1. The number of likely N-dealkylation sites (N-methyl/N-ethyl adjacent to an activating group) is 1. The van der Waals surface area contributed by atoms with Gasteiger partial charge in [0.1, 0.15) is 0 Å². The van der Waals surface area contributed by atoms with Crippen LogP contribution in [0.25, 0.3) is 0 Å². The van der Waals surface area contributed by atoms with Crippen molar-refractivity contribution in [2.45, 2.75) is 26.9 Å². The number of nitrogens with one attached hydrogen (secondary N) is 1. The smallest absolute Gasteiger partial charge is 0.254 e. The van der Waals surface area contributed by atoms with Crippen molar-refractivity contribution < 1.29 is 19.1 Å². The molecule has 0 saturated carbocycles. The number of carbonyl (C=O) groups excluding carboxylic acids is 2. The number of carbonyl (C=O) groups is 2. The standard InChI is InChI=1S/C21H25ClN2O4/c1-13(2)28-20-17(22)10-15(11-18(20)27-5)21(26)24(4)12-19(25)23-16-8-6-14(3)7-9-16/h6-11,13H,12H2,1-5H3,(H,23,25). The molecular weight excluding hydrogens is 380 g/mol. The van der Waals surface area contributed by atoms with Crippen molar-refractivity contribution in [2.24, 2.45) is 0 Å². The Morgan fingerprint density at radius 1 is 1.18 bits per heavy atom. The number of aryl methyl sites for hydroxylation is 1. The van der Waals surface area contributed by atoms with Gasteiger partial charge in [-0.1, -0.05) is 29.3 Å². The number of ether oxygens (including phenoxy) is 2. The van der Waals surface area contributed by atoms with E-state index in [1.807, 2.05) is 45.0 Å². The van der Waals surface area contributed by atoms with Crippen molar-refractivity contribution in [1.82, 2.24) is 4.90 Å². The third kappa shape index (κ3) is 5.63. The zero-order chi connectivity index (χ0) is 20.8. The van der Waals surface area contributed by atoms with Gasteiger partial charge in [0.15, 0.2) is 11.5 Å². The van der Waals surface area contributed by atoms with E-state index in [1.54, 1.807) is 13.1 Å². The van der Waals surface area contributed by atoms with E-state index in [1.165, 1.54) is 18.1 Å². The van der Waals surface area contributed by atoms with E-state index in [0.717, 1.165) is 5.56 Å². The quantitative estimate of drug-likeness (QED) is 0.752. The topological polar surface area (TPSA) is 67.9 Å². The highest BCUT2D eigenvalue weighted by Gasteiger charge is 2.20. The first-order valence-electron chi connectivity index (χ1n) is 8.87. The van der Waals surface area contributed by atoms with Crippen molar-refractivity contribution in [3.8, 4) is 11.5 Å². The molecule has 0 bridgehead atoms. The average Bonchev–Trinajstić information content (AvgIpc) is 2.64. The van der Waals surface area contributed by atoms with Crippen molar-refractivity contribution in [3.63, 3.8) is 0 Å². The van der Waals surface area contributed by atoms with Crippen LogP contribution in [0.15, 0.2) is 36.4 Å². The van der Waals surface area contributed by atoms with E-state index in [4.69, 9.17) is 21.1 Å². The fraction of sp³-hybridized carbons (Fsp3) is 0.333. The van der Waals surface area contributed by atoms with Crippen LogP contribution in [0.2, 0.25) is 5.02 Å². The summed E-state index contributed by atoms with van der Waals surface area (Å²) in [6, 6.07) is 10.5. The monoisotopic (exact) mass is 404 g/mol. The van der Waals surface area contributed by atoms with Crippen LogP contribution in [-0.2, 0) is 4.79 Å². The van der Waals surface area contributed by atoms with Crippen molar-refractivity contribution in [1.29, 1.82) is 0 Å². The Kier molecular flexibility index (Phi) is 7.29. The highest BCUT2D eigenvalue weighted by molar-refractivity contribution is 6.32. The van der Waals surface area contributed by atoms with E-state index in [-0.39, 0.29) is 29.5 Å². The molecule has 6 nitrogen and oxygen atoms in total. The second-order valence-corrected chi connectivity index (χ2v) is 7.14. The Hall–Kier alpha value is -2.73. The van der Waals surface area contributed by atoms with Gasteiger partial charge in [-0.15, -0.1) is 0 Å². The Morgan fingerprint density at radius 3 is 2.39 bits per heavy atom. The molecule has 0 spiro atoms. The number of amides is 2. The molecule has 0 aliphatic carbocycles. The lowest BCUT2D eigenvalue weighted by Crippen LogP contribution is -2.35. The van der Waals surface area contributed by atoms with E-state index in [9.17, 15) is 9.59 Å². The van der Waals surface area contributed by atoms with Gasteiger partial charge in [0.25, 0.3) is 5.91 Å². The van der Waals surface area contributed by atoms with Gasteiger partial charge < -0.3 is 19.7 Å². The minimum absolute atomic E-state index is 0.0962. The summed E-state index contributed by atoms with van der Waals surface area (Å²) >= 11 is 6.28. The Morgan fingerprint density at radius 2 is 1.82 bits per heavy atom. The molecule has 2 aromatic rings. The van der Waals surface area contributed by atoms with Gasteiger partial charge in [-0.2, -0.15) is 0 Å². The molecule has 150 valence electrons. The molecule has 2 rings (SSSR count). The van der Waals surface area contributed by atoms with Crippen LogP contribution in [0.5, 0.6) is 11.5 Å². The van der Waals surface area contributed by atoms with E-state index in [0.29, 0.717) is 22.7 Å². The summed E-state index contributed by atoms with van der Waals surface area (Å²) < 4.78 is 11.0. The molecule has 0 aliphatic heterocycles. The lowest BCUT2D eigenvalue weighted by atomic mass is 10.1. The van der Waals surface area contributed by atoms with Crippen LogP contribution in [-0.4, -0.2) is 43.5 Å². The summed E-state index contributed by atoms with van der Waals surface area (Å²) in [5, 5.41) is 3.04. The number of anilines is 1. The van der Waals surface area contributed by atoms with Gasteiger partial charge >= 0.3 is 0 Å². The van der Waals surface area contributed by atoms with Gasteiger partial charge in [0.2, 0.25) is 5.91 Å². The number of methoxy groups -OCH3 is 1. The van der Waals surface area contributed by atoms with E-state index < -0.39 is 0 Å². The lowest BCUT2D eigenvalue weighted by molar-refractivity contribution is -0.116. The van der Waals surface area contributed by atoms with Crippen LogP contribution in [0.3, 0.4) is 0 Å². The predicted molar refractivity (Wildman–Crippen MR) is 111 cm³/mol. The summed E-state index contributed by atoms with van der Waals surface area (Å²) in [5.41, 5.74) is 2.08. The molecule has 0 atom stereocenters. The van der Waals surface area contributed by atoms with Crippen LogP contribution in [0.4, 0.5) is 5.69 Å². The predicted octanol–water partition coefficient (Wildman–Crippen LogP) is 4.15. The highest BCUT2D eigenvalue weighted by atomic mass is 35.5. The first-order valence-corrected chi connectivity index (χ1v) is 9.25. The molecule has 0 aliphatic rings. The fourth-order valence-electron chi connectivity index (χ4n) is 2.54. The summed E-state index contributed by atoms with van der Waals surface area (Å²) in [6.07, 6.45) is -0.0962. The van der Waals surface area contributed by atoms with Gasteiger partial charge in [-0.25, -0.2) is 0 Å². The third-order valence-electron chi connectivity index (χ3n) is 3.89. The summed E-state index contributed by atoms with van der Waals surface area (Å²) in [5.74, 6) is 0.102. The van der Waals surface area contributed by atoms with Gasteiger partial charge in [-0.3, -0.25) is 9.59 Å². The van der Waals surface area contributed by atoms with Crippen LogP contribution in [0.1, 0.15) is 29.8 Å². The normalized spacial score (nSPS) is 10.5. The van der Waals surface area contributed by atoms with Crippen molar-refractivity contribution >= 4 is 29.1 Å². The first kappa shape index (κ1) is 21.6. The number of halogens is 1. The molecule has 0 radical (unpaired) electrons. The third-order valence-corrected chi connectivity index (χ3v) is 4.17. The second kappa shape index (κ2) is 9.46. The van der Waals surface area contributed by atoms with Crippen LogP contribution in [0, 0.1) is 6.92 Å². The maximum absolute atomic E-state index is 12.7. The molecule has 0 unspecified atom stereocenters. The SMILES string of the molecule is COc1cc(C(=O)N(C)CC(=O)Nc2ccc(C)cc2)cc(Cl)c1OC(C)C. The van der Waals surface area contributed by atoms with E-state index >= 15 is 0 Å². The molecule has 28 heavy (non-hydrogen) atoms. The zero-order valence-electron chi connectivity index (χ0n) is 16.7. The minimum atomic E-state index is -0.352. The second-order valence-electron chi connectivity index (χ2n) is 6.73. The molecule has 7 heteroatoms. The van der Waals surface area contributed by atoms with Crippen molar-refractivity contribution in [2.75, 3.05) is 26.0 Å². The Bertz CT molecular complexity index is 850. The first-order chi connectivity index (χ1) is 13.2. The molecular formula is C21H25ClN2O4. The summed E-state index contributed by atoms with van der Waals surface area (Å²) in [4.78, 5) is 26.3. The molecule has 0 aromatic heterocycles. The Balaban J connectivity index is 2.10. The average molecular weight is 405 g/mol. The molecule has 0 saturated heterocycles. The number of rotatable bonds is 7. The number of hydrogen-bond acceptors (Lipinski definition) is 4. The highest BCUT2D eigenvalue weighted by Crippen LogP contribution is 2.37. The largest absolute Gasteiger partial charge is 0.493 e. The van der Waals surface area contributed by atoms with Crippen LogP contribution < -0.4 is 14.8 Å². The maximum atomic E-state index is 12.7. The molecule has 1 N–H and O–H groups in total.